The summed E-state index contributed by atoms with van der Waals surface area (Å²) < 4.78 is 38.5. The highest BCUT2D eigenvalue weighted by Crippen LogP contribution is 2.35. The molecule has 130 valence electrons. The van der Waals surface area contributed by atoms with E-state index >= 15 is 0 Å². The Bertz CT molecular complexity index is 674. The van der Waals surface area contributed by atoms with Crippen LogP contribution >= 0.6 is 11.6 Å². The van der Waals surface area contributed by atoms with Gasteiger partial charge in [0.2, 0.25) is 11.8 Å². The number of hydrogen-bond donors (Lipinski definition) is 1. The summed E-state index contributed by atoms with van der Waals surface area (Å²) in [6.07, 6.45) is -1.65. The Morgan fingerprint density at radius 1 is 1.46 bits per heavy atom. The fourth-order valence-corrected chi connectivity index (χ4v) is 2.74. The number of nitrogens with one attached hydrogen (secondary N) is 1. The van der Waals surface area contributed by atoms with E-state index in [1.807, 2.05) is 0 Å². The number of amides is 2. The minimum atomic E-state index is -4.57. The SMILES string of the molecule is CCC1C(=O)NCCN1C(=O)/C=C/c1ccc(Cl)c(C(F)(F)F)c1. The Morgan fingerprint density at radius 2 is 2.17 bits per heavy atom. The normalized spacial score (nSPS) is 18.8. The van der Waals surface area contributed by atoms with Gasteiger partial charge in [0.1, 0.15) is 6.04 Å². The molecule has 2 rings (SSSR count). The summed E-state index contributed by atoms with van der Waals surface area (Å²) in [5.41, 5.74) is -0.753. The summed E-state index contributed by atoms with van der Waals surface area (Å²) in [5, 5.41) is 2.28. The molecule has 1 aliphatic rings. The predicted octanol–water partition coefficient (Wildman–Crippen LogP) is 3.11. The van der Waals surface area contributed by atoms with E-state index in [-0.39, 0.29) is 11.5 Å². The third-order valence-electron chi connectivity index (χ3n) is 3.71. The Kier molecular flexibility index (Phi) is 5.54. The number of carbonyl (C=O) groups is 2. The van der Waals surface area contributed by atoms with Gasteiger partial charge in [0.25, 0.3) is 0 Å². The number of alkyl halides is 3. The average Bonchev–Trinajstić information content (AvgIpc) is 2.52. The summed E-state index contributed by atoms with van der Waals surface area (Å²) in [6, 6.07) is 2.85. The van der Waals surface area contributed by atoms with Crippen molar-refractivity contribution in [3.63, 3.8) is 0 Å². The second-order valence-corrected chi connectivity index (χ2v) is 5.72. The third-order valence-corrected chi connectivity index (χ3v) is 4.04. The van der Waals surface area contributed by atoms with Gasteiger partial charge in [-0.3, -0.25) is 9.59 Å². The monoisotopic (exact) mass is 360 g/mol. The lowest BCUT2D eigenvalue weighted by atomic mass is 10.1. The van der Waals surface area contributed by atoms with Crippen molar-refractivity contribution in [2.75, 3.05) is 13.1 Å². The first kappa shape index (κ1) is 18.3. The van der Waals surface area contributed by atoms with E-state index in [9.17, 15) is 22.8 Å². The van der Waals surface area contributed by atoms with Crippen molar-refractivity contribution >= 4 is 29.5 Å². The van der Waals surface area contributed by atoms with Crippen LogP contribution in [0.1, 0.15) is 24.5 Å². The fraction of sp³-hybridized carbons (Fsp3) is 0.375. The minimum absolute atomic E-state index is 0.203. The highest BCUT2D eigenvalue weighted by molar-refractivity contribution is 6.31. The molecule has 0 radical (unpaired) electrons. The maximum absolute atomic E-state index is 12.8. The number of benzene rings is 1. The summed E-state index contributed by atoms with van der Waals surface area (Å²) in [7, 11) is 0. The first-order chi connectivity index (χ1) is 11.2. The predicted molar refractivity (Wildman–Crippen MR) is 84.3 cm³/mol. The Labute approximate surface area is 142 Å². The Hall–Kier alpha value is -2.02. The molecule has 0 aromatic heterocycles. The van der Waals surface area contributed by atoms with E-state index in [0.29, 0.717) is 19.5 Å². The van der Waals surface area contributed by atoms with Crippen LogP contribution in [0.25, 0.3) is 6.08 Å². The second kappa shape index (κ2) is 7.25. The first-order valence-corrected chi connectivity index (χ1v) is 7.75. The van der Waals surface area contributed by atoms with E-state index in [1.54, 1.807) is 6.92 Å². The molecule has 1 N–H and O–H groups in total. The van der Waals surface area contributed by atoms with E-state index < -0.39 is 28.7 Å². The molecule has 1 heterocycles. The number of rotatable bonds is 3. The number of hydrogen-bond acceptors (Lipinski definition) is 2. The van der Waals surface area contributed by atoms with Gasteiger partial charge < -0.3 is 10.2 Å². The van der Waals surface area contributed by atoms with Gasteiger partial charge in [-0.2, -0.15) is 13.2 Å². The molecule has 1 unspecified atom stereocenters. The number of carbonyl (C=O) groups excluding carboxylic acids is 2. The summed E-state index contributed by atoms with van der Waals surface area (Å²) in [6.45, 7) is 2.50. The smallest absolute Gasteiger partial charge is 0.353 e. The zero-order valence-electron chi connectivity index (χ0n) is 12.9. The van der Waals surface area contributed by atoms with E-state index in [2.05, 4.69) is 5.32 Å². The van der Waals surface area contributed by atoms with Gasteiger partial charge in [0.05, 0.1) is 10.6 Å². The van der Waals surface area contributed by atoms with Gasteiger partial charge in [-0.25, -0.2) is 0 Å². The lowest BCUT2D eigenvalue weighted by Gasteiger charge is -2.33. The molecule has 4 nitrogen and oxygen atoms in total. The molecule has 0 saturated carbocycles. The molecule has 1 atom stereocenters. The Morgan fingerprint density at radius 3 is 2.79 bits per heavy atom. The van der Waals surface area contributed by atoms with Crippen LogP contribution in [0.3, 0.4) is 0 Å². The number of nitrogens with zero attached hydrogens (tertiary/aromatic N) is 1. The fourth-order valence-electron chi connectivity index (χ4n) is 2.51. The van der Waals surface area contributed by atoms with E-state index in [4.69, 9.17) is 11.6 Å². The summed E-state index contributed by atoms with van der Waals surface area (Å²) >= 11 is 5.56. The Balaban J connectivity index is 2.18. The highest BCUT2D eigenvalue weighted by atomic mass is 35.5. The van der Waals surface area contributed by atoms with Gasteiger partial charge >= 0.3 is 6.18 Å². The lowest BCUT2D eigenvalue weighted by molar-refractivity contribution is -0.140. The standard InChI is InChI=1S/C16H16ClF3N2O2/c1-2-13-15(24)21-7-8-22(13)14(23)6-4-10-3-5-12(17)11(9-10)16(18,19)20/h3-6,9,13H,2,7-8H2,1H3,(H,21,24)/b6-4+. The molecule has 0 aliphatic carbocycles. The third kappa shape index (κ3) is 4.08. The van der Waals surface area contributed by atoms with Crippen molar-refractivity contribution in [3.8, 4) is 0 Å². The molecule has 2 amide bonds. The first-order valence-electron chi connectivity index (χ1n) is 7.37. The van der Waals surface area contributed by atoms with E-state index in [0.717, 1.165) is 12.1 Å². The molecule has 8 heteroatoms. The van der Waals surface area contributed by atoms with Crippen molar-refractivity contribution in [2.45, 2.75) is 25.6 Å². The molecule has 1 aliphatic heterocycles. The minimum Gasteiger partial charge on any atom is -0.353 e. The van der Waals surface area contributed by atoms with Crippen LogP contribution in [0.4, 0.5) is 13.2 Å². The van der Waals surface area contributed by atoms with Crippen LogP contribution in [0, 0.1) is 0 Å². The van der Waals surface area contributed by atoms with Crippen molar-refractivity contribution in [1.82, 2.24) is 10.2 Å². The van der Waals surface area contributed by atoms with Gasteiger partial charge in [-0.15, -0.1) is 0 Å². The van der Waals surface area contributed by atoms with Crippen molar-refractivity contribution in [3.05, 3.63) is 40.4 Å². The zero-order chi connectivity index (χ0) is 17.9. The second-order valence-electron chi connectivity index (χ2n) is 5.32. The van der Waals surface area contributed by atoms with E-state index in [1.165, 1.54) is 23.1 Å². The van der Waals surface area contributed by atoms with Gasteiger partial charge in [-0.05, 0) is 30.2 Å². The van der Waals surface area contributed by atoms with Crippen LogP contribution in [-0.4, -0.2) is 35.8 Å². The zero-order valence-corrected chi connectivity index (χ0v) is 13.6. The molecule has 0 bridgehead atoms. The molecule has 0 spiro atoms. The van der Waals surface area contributed by atoms with Crippen LogP contribution in [0.2, 0.25) is 5.02 Å². The molecule has 1 aromatic carbocycles. The maximum Gasteiger partial charge on any atom is 0.417 e. The van der Waals surface area contributed by atoms with Crippen LogP contribution in [0.5, 0.6) is 0 Å². The lowest BCUT2D eigenvalue weighted by Crippen LogP contribution is -2.56. The topological polar surface area (TPSA) is 49.4 Å². The quantitative estimate of drug-likeness (QED) is 0.842. The van der Waals surface area contributed by atoms with Crippen molar-refractivity contribution in [2.24, 2.45) is 0 Å². The number of piperazine rings is 1. The molecule has 1 fully saturated rings. The largest absolute Gasteiger partial charge is 0.417 e. The van der Waals surface area contributed by atoms with Crippen LogP contribution < -0.4 is 5.32 Å². The van der Waals surface area contributed by atoms with Crippen molar-refractivity contribution in [1.29, 1.82) is 0 Å². The molecule has 24 heavy (non-hydrogen) atoms. The van der Waals surface area contributed by atoms with Gasteiger partial charge in [0.15, 0.2) is 0 Å². The molecular weight excluding hydrogens is 345 g/mol. The van der Waals surface area contributed by atoms with Gasteiger partial charge in [0, 0.05) is 19.2 Å². The van der Waals surface area contributed by atoms with Crippen molar-refractivity contribution < 1.29 is 22.8 Å². The molecule has 1 aromatic rings. The highest BCUT2D eigenvalue weighted by Gasteiger charge is 2.33. The van der Waals surface area contributed by atoms with Crippen LogP contribution in [-0.2, 0) is 15.8 Å². The average molecular weight is 361 g/mol. The maximum atomic E-state index is 12.8. The molecular formula is C16H16ClF3N2O2. The summed E-state index contributed by atoms with van der Waals surface area (Å²) in [4.78, 5) is 25.4. The number of halogens is 4. The van der Waals surface area contributed by atoms with Crippen LogP contribution in [0.15, 0.2) is 24.3 Å². The van der Waals surface area contributed by atoms with Gasteiger partial charge in [-0.1, -0.05) is 24.6 Å². The summed E-state index contributed by atoms with van der Waals surface area (Å²) in [5.74, 6) is -0.642. The molecule has 1 saturated heterocycles.